The largest absolute Gasteiger partial charge is 0.393 e. The Hall–Kier alpha value is -1.38. The van der Waals surface area contributed by atoms with Crippen LogP contribution in [0.5, 0.6) is 0 Å². The molecule has 5 rings (SSSR count). The minimum Gasteiger partial charge on any atom is -0.393 e. The molecule has 0 amide bonds. The van der Waals surface area contributed by atoms with Gasteiger partial charge in [0.05, 0.1) is 11.8 Å². The molecule has 5 aliphatic rings. The third-order valence-corrected chi connectivity index (χ3v) is 4.77. The molecule has 0 spiro atoms. The van der Waals surface area contributed by atoms with Crippen LogP contribution in [0.1, 0.15) is 6.92 Å². The summed E-state index contributed by atoms with van der Waals surface area (Å²) in [6.45, 7) is 2.12. The lowest BCUT2D eigenvalue weighted by Crippen LogP contribution is -2.52. The van der Waals surface area contributed by atoms with Gasteiger partial charge in [-0.05, 0) is 30.6 Å². The van der Waals surface area contributed by atoms with Gasteiger partial charge in [-0.15, -0.1) is 0 Å². The number of carbonyl (C=O) groups is 2. The summed E-state index contributed by atoms with van der Waals surface area (Å²) in [7, 11) is 0. The molecule has 16 heavy (non-hydrogen) atoms. The summed E-state index contributed by atoms with van der Waals surface area (Å²) >= 11 is 0. The van der Waals surface area contributed by atoms with Gasteiger partial charge in [-0.25, -0.2) is 0 Å². The van der Waals surface area contributed by atoms with Gasteiger partial charge in [0.1, 0.15) is 0 Å². The van der Waals surface area contributed by atoms with Gasteiger partial charge in [0.15, 0.2) is 0 Å². The molecule has 6 atom stereocenters. The molecule has 3 heteroatoms. The molecule has 1 aliphatic heterocycles. The lowest BCUT2D eigenvalue weighted by atomic mass is 9.48. The third-order valence-electron chi connectivity index (χ3n) is 4.77. The highest BCUT2D eigenvalue weighted by Gasteiger charge is 2.62. The van der Waals surface area contributed by atoms with Gasteiger partial charge in [0.25, 0.3) is 0 Å². The fraction of sp³-hybridized carbons (Fsp3) is 0.538. The number of carbonyl (C=O) groups excluding carboxylic acids is 2. The van der Waals surface area contributed by atoms with Crippen molar-refractivity contribution in [1.29, 1.82) is 0 Å². The highest BCUT2D eigenvalue weighted by molar-refractivity contribution is 5.97. The second-order valence-electron chi connectivity index (χ2n) is 5.35. The van der Waals surface area contributed by atoms with Gasteiger partial charge >= 0.3 is 11.9 Å². The van der Waals surface area contributed by atoms with Crippen LogP contribution >= 0.6 is 0 Å². The molecule has 82 valence electrons. The van der Waals surface area contributed by atoms with Crippen molar-refractivity contribution < 1.29 is 14.3 Å². The van der Waals surface area contributed by atoms with E-state index >= 15 is 0 Å². The number of ether oxygens (including phenoxy) is 1. The Morgan fingerprint density at radius 1 is 0.938 bits per heavy atom. The van der Waals surface area contributed by atoms with E-state index in [1.807, 2.05) is 0 Å². The first-order chi connectivity index (χ1) is 7.68. The van der Waals surface area contributed by atoms with Crippen molar-refractivity contribution in [2.75, 3.05) is 0 Å². The zero-order valence-corrected chi connectivity index (χ0v) is 8.92. The van der Waals surface area contributed by atoms with Crippen LogP contribution in [-0.4, -0.2) is 11.9 Å². The summed E-state index contributed by atoms with van der Waals surface area (Å²) < 4.78 is 4.81. The topological polar surface area (TPSA) is 43.4 Å². The molecule has 0 radical (unpaired) electrons. The standard InChI is InChI=1S/C13H12O3/c1-5-4-8-6-2-3-7(9(5)8)11-10(6)12(14)16-13(11)15/h2-4,6-11H,1H3/t6-,7+,8-,9+,10-,11+/m1/s1. The number of esters is 2. The van der Waals surface area contributed by atoms with Crippen LogP contribution in [0.25, 0.3) is 0 Å². The molecular formula is C13H12O3. The lowest BCUT2D eigenvalue weighted by Gasteiger charge is -2.53. The predicted octanol–water partition coefficient (Wildman–Crippen LogP) is 1.31. The molecule has 1 heterocycles. The van der Waals surface area contributed by atoms with E-state index in [9.17, 15) is 9.59 Å². The Balaban J connectivity index is 1.86. The smallest absolute Gasteiger partial charge is 0.318 e. The number of allylic oxidation sites excluding steroid dienone is 4. The Bertz CT molecular complexity index is 474. The first-order valence-electron chi connectivity index (χ1n) is 5.80. The first-order valence-corrected chi connectivity index (χ1v) is 5.80. The third kappa shape index (κ3) is 0.751. The quantitative estimate of drug-likeness (QED) is 0.348. The molecule has 1 saturated carbocycles. The molecule has 0 aromatic heterocycles. The maximum atomic E-state index is 11.7. The summed E-state index contributed by atoms with van der Waals surface area (Å²) in [6, 6.07) is 0. The maximum Gasteiger partial charge on any atom is 0.318 e. The molecule has 2 bridgehead atoms. The minimum atomic E-state index is -0.300. The lowest BCUT2D eigenvalue weighted by molar-refractivity contribution is -0.154. The van der Waals surface area contributed by atoms with Gasteiger partial charge < -0.3 is 4.74 Å². The molecular weight excluding hydrogens is 204 g/mol. The summed E-state index contributed by atoms with van der Waals surface area (Å²) in [6.07, 6.45) is 6.50. The monoisotopic (exact) mass is 216 g/mol. The number of hydrogen-bond donors (Lipinski definition) is 0. The average Bonchev–Trinajstić information content (AvgIpc) is 2.54. The van der Waals surface area contributed by atoms with E-state index in [0.717, 1.165) is 0 Å². The molecule has 0 aromatic rings. The van der Waals surface area contributed by atoms with E-state index in [-0.39, 0.29) is 35.6 Å². The predicted molar refractivity (Wildman–Crippen MR) is 54.9 cm³/mol. The second-order valence-corrected chi connectivity index (χ2v) is 5.35. The van der Waals surface area contributed by atoms with Crippen LogP contribution in [-0.2, 0) is 14.3 Å². The minimum absolute atomic E-state index is 0.197. The normalized spacial score (nSPS) is 51.7. The highest BCUT2D eigenvalue weighted by Crippen LogP contribution is 2.60. The summed E-state index contributed by atoms with van der Waals surface area (Å²) in [4.78, 5) is 23.4. The summed E-state index contributed by atoms with van der Waals surface area (Å²) in [5.74, 6) is 0.342. The second kappa shape index (κ2) is 2.47. The molecule has 0 unspecified atom stereocenters. The van der Waals surface area contributed by atoms with Gasteiger partial charge in [-0.2, -0.15) is 0 Å². The van der Waals surface area contributed by atoms with Crippen molar-refractivity contribution in [3.05, 3.63) is 23.8 Å². The van der Waals surface area contributed by atoms with Crippen molar-refractivity contribution in [2.24, 2.45) is 35.5 Å². The number of rotatable bonds is 0. The van der Waals surface area contributed by atoms with E-state index in [1.165, 1.54) is 5.57 Å². The van der Waals surface area contributed by atoms with Crippen molar-refractivity contribution in [1.82, 2.24) is 0 Å². The molecule has 0 aromatic carbocycles. The van der Waals surface area contributed by atoms with Crippen LogP contribution in [0.2, 0.25) is 0 Å². The van der Waals surface area contributed by atoms with Crippen LogP contribution in [0, 0.1) is 35.5 Å². The molecule has 4 aliphatic carbocycles. The molecule has 0 N–H and O–H groups in total. The van der Waals surface area contributed by atoms with Gasteiger partial charge in [0, 0.05) is 0 Å². The first kappa shape index (κ1) is 8.74. The van der Waals surface area contributed by atoms with Crippen molar-refractivity contribution in [3.8, 4) is 0 Å². The van der Waals surface area contributed by atoms with Crippen LogP contribution in [0.4, 0.5) is 0 Å². The van der Waals surface area contributed by atoms with Crippen molar-refractivity contribution in [3.63, 3.8) is 0 Å². The SMILES string of the molecule is CC1=C[C@@H]2[C@H]3C=C[C@@H]([C@H]12)[C@@H]1C(=O)OC(=O)[C@H]31. The Labute approximate surface area is 93.2 Å². The fourth-order valence-electron chi connectivity index (χ4n) is 4.14. The van der Waals surface area contributed by atoms with E-state index in [1.54, 1.807) is 0 Å². The molecule has 3 nitrogen and oxygen atoms in total. The van der Waals surface area contributed by atoms with Crippen molar-refractivity contribution >= 4 is 11.9 Å². The number of cyclic esters (lactones) is 2. The zero-order valence-electron chi connectivity index (χ0n) is 8.92. The van der Waals surface area contributed by atoms with Crippen LogP contribution in [0.15, 0.2) is 23.8 Å². The van der Waals surface area contributed by atoms with E-state index < -0.39 is 0 Å². The average molecular weight is 216 g/mol. The summed E-state index contributed by atoms with van der Waals surface area (Å²) in [5.41, 5.74) is 1.37. The summed E-state index contributed by atoms with van der Waals surface area (Å²) in [5, 5.41) is 0. The van der Waals surface area contributed by atoms with Crippen molar-refractivity contribution in [2.45, 2.75) is 6.92 Å². The number of hydrogen-bond acceptors (Lipinski definition) is 3. The Morgan fingerprint density at radius 2 is 1.56 bits per heavy atom. The van der Waals surface area contributed by atoms with Crippen LogP contribution in [0.3, 0.4) is 0 Å². The molecule has 1 saturated heterocycles. The molecule has 2 fully saturated rings. The van der Waals surface area contributed by atoms with Crippen LogP contribution < -0.4 is 0 Å². The fourth-order valence-corrected chi connectivity index (χ4v) is 4.14. The highest BCUT2D eigenvalue weighted by atomic mass is 16.6. The Morgan fingerprint density at radius 3 is 2.25 bits per heavy atom. The van der Waals surface area contributed by atoms with E-state index in [4.69, 9.17) is 4.74 Å². The maximum absolute atomic E-state index is 11.7. The van der Waals surface area contributed by atoms with Gasteiger partial charge in [-0.3, -0.25) is 9.59 Å². The zero-order chi connectivity index (χ0) is 11.0. The van der Waals surface area contributed by atoms with Gasteiger partial charge in [0.2, 0.25) is 0 Å². The van der Waals surface area contributed by atoms with E-state index in [2.05, 4.69) is 25.2 Å². The Kier molecular flexibility index (Phi) is 1.35. The van der Waals surface area contributed by atoms with E-state index in [0.29, 0.717) is 11.8 Å². The van der Waals surface area contributed by atoms with Gasteiger partial charge in [-0.1, -0.05) is 23.8 Å².